The van der Waals surface area contributed by atoms with E-state index in [1.165, 1.54) is 4.90 Å². The zero-order chi connectivity index (χ0) is 22.5. The van der Waals surface area contributed by atoms with Crippen LogP contribution in [0.15, 0.2) is 71.1 Å². The van der Waals surface area contributed by atoms with E-state index >= 15 is 0 Å². The Morgan fingerprint density at radius 1 is 0.875 bits per heavy atom. The van der Waals surface area contributed by atoms with Crippen LogP contribution in [0.2, 0.25) is 0 Å². The number of methoxy groups -OCH3 is 1. The molecule has 0 saturated heterocycles. The van der Waals surface area contributed by atoms with Crippen LogP contribution in [-0.4, -0.2) is 44.1 Å². The molecule has 4 rings (SSSR count). The van der Waals surface area contributed by atoms with E-state index in [1.807, 2.05) is 54.6 Å². The molecule has 7 nitrogen and oxygen atoms in total. The molecule has 0 unspecified atom stereocenters. The lowest BCUT2D eigenvalue weighted by Gasteiger charge is -2.17. The fraction of sp³-hybridized carbons (Fsp3) is 0.200. The molecule has 0 fully saturated rings. The van der Waals surface area contributed by atoms with Gasteiger partial charge in [0, 0.05) is 24.4 Å². The summed E-state index contributed by atoms with van der Waals surface area (Å²) in [5, 5.41) is 1.88. The van der Waals surface area contributed by atoms with Gasteiger partial charge in [-0.1, -0.05) is 30.3 Å². The summed E-state index contributed by atoms with van der Waals surface area (Å²) in [6.45, 7) is -0.243. The minimum Gasteiger partial charge on any atom is -0.497 e. The van der Waals surface area contributed by atoms with Crippen LogP contribution in [0.4, 0.5) is 0 Å². The number of ether oxygens (including phenoxy) is 3. The topological polar surface area (TPSA) is 78.2 Å². The van der Waals surface area contributed by atoms with Crippen molar-refractivity contribution >= 4 is 33.8 Å². The number of likely N-dealkylation sites (N-methyl/N-ethyl adjacent to an activating group) is 1. The minimum absolute atomic E-state index is 0.295. The summed E-state index contributed by atoms with van der Waals surface area (Å²) in [7, 11) is 3.25. The molecule has 0 N–H and O–H groups in total. The zero-order valence-corrected chi connectivity index (χ0v) is 17.9. The standard InChI is InChI=1S/C25H23NO6/c1-26(14-17-7-9-18(29-2)10-8-17)24(27)15-31-25(28)16-30-19-11-12-23-21(13-19)20-5-3-4-6-22(20)32-23/h3-13H,14-16H2,1-2H3. The van der Waals surface area contributed by atoms with Crippen LogP contribution < -0.4 is 9.47 Å². The number of hydrogen-bond donors (Lipinski definition) is 0. The molecular weight excluding hydrogens is 410 g/mol. The number of esters is 1. The number of amides is 1. The van der Waals surface area contributed by atoms with Gasteiger partial charge in [0.05, 0.1) is 7.11 Å². The SMILES string of the molecule is COc1ccc(CN(C)C(=O)COC(=O)COc2ccc3oc4ccccc4c3c2)cc1. The molecule has 0 aliphatic heterocycles. The summed E-state index contributed by atoms with van der Waals surface area (Å²) in [6, 6.07) is 20.5. The Hall–Kier alpha value is -4.00. The van der Waals surface area contributed by atoms with Gasteiger partial charge in [-0.05, 0) is 42.0 Å². The zero-order valence-electron chi connectivity index (χ0n) is 17.9. The van der Waals surface area contributed by atoms with E-state index in [4.69, 9.17) is 18.6 Å². The number of para-hydroxylation sites is 1. The minimum atomic E-state index is -0.617. The van der Waals surface area contributed by atoms with Gasteiger partial charge in [0.2, 0.25) is 0 Å². The summed E-state index contributed by atoms with van der Waals surface area (Å²) < 4.78 is 21.5. The van der Waals surface area contributed by atoms with Crippen LogP contribution >= 0.6 is 0 Å². The fourth-order valence-corrected chi connectivity index (χ4v) is 3.32. The average molecular weight is 433 g/mol. The Morgan fingerprint density at radius 3 is 2.38 bits per heavy atom. The largest absolute Gasteiger partial charge is 0.497 e. The van der Waals surface area contributed by atoms with Gasteiger partial charge >= 0.3 is 5.97 Å². The fourth-order valence-electron chi connectivity index (χ4n) is 3.32. The first-order valence-corrected chi connectivity index (χ1v) is 10.1. The summed E-state index contributed by atoms with van der Waals surface area (Å²) in [5.74, 6) is 0.342. The van der Waals surface area contributed by atoms with Crippen molar-refractivity contribution in [3.63, 3.8) is 0 Å². The van der Waals surface area contributed by atoms with Crippen molar-refractivity contribution in [2.45, 2.75) is 6.54 Å². The van der Waals surface area contributed by atoms with Crippen LogP contribution in [0.25, 0.3) is 21.9 Å². The number of nitrogens with zero attached hydrogens (tertiary/aromatic N) is 1. The molecular formula is C25H23NO6. The number of fused-ring (bicyclic) bond motifs is 3. The monoisotopic (exact) mass is 433 g/mol. The first-order chi connectivity index (χ1) is 15.5. The van der Waals surface area contributed by atoms with Gasteiger partial charge in [0.15, 0.2) is 13.2 Å². The van der Waals surface area contributed by atoms with Gasteiger partial charge in [-0.15, -0.1) is 0 Å². The Kier molecular flexibility index (Phi) is 6.26. The predicted octanol–water partition coefficient (Wildman–Crippen LogP) is 4.18. The molecule has 0 saturated carbocycles. The Labute approximate surface area is 185 Å². The van der Waals surface area contributed by atoms with Gasteiger partial charge in [-0.25, -0.2) is 4.79 Å². The lowest BCUT2D eigenvalue weighted by Crippen LogP contribution is -2.31. The van der Waals surface area contributed by atoms with Crippen molar-refractivity contribution in [2.75, 3.05) is 27.4 Å². The first-order valence-electron chi connectivity index (χ1n) is 10.1. The third kappa shape index (κ3) is 4.83. The number of hydrogen-bond acceptors (Lipinski definition) is 6. The molecule has 1 heterocycles. The van der Waals surface area contributed by atoms with Crippen molar-refractivity contribution in [3.05, 3.63) is 72.3 Å². The summed E-state index contributed by atoms with van der Waals surface area (Å²) >= 11 is 0. The van der Waals surface area contributed by atoms with E-state index in [9.17, 15) is 9.59 Å². The second-order valence-corrected chi connectivity index (χ2v) is 7.30. The van der Waals surface area contributed by atoms with Crippen molar-refractivity contribution < 1.29 is 28.2 Å². The lowest BCUT2D eigenvalue weighted by molar-refractivity contribution is -0.153. The van der Waals surface area contributed by atoms with Crippen molar-refractivity contribution in [3.8, 4) is 11.5 Å². The quantitative estimate of drug-likeness (QED) is 0.388. The molecule has 0 atom stereocenters. The number of furan rings is 1. The summed E-state index contributed by atoms with van der Waals surface area (Å²) in [6.07, 6.45) is 0. The average Bonchev–Trinajstić information content (AvgIpc) is 3.19. The third-order valence-electron chi connectivity index (χ3n) is 5.07. The van der Waals surface area contributed by atoms with Crippen LogP contribution in [0, 0.1) is 0 Å². The Morgan fingerprint density at radius 2 is 1.59 bits per heavy atom. The molecule has 3 aromatic carbocycles. The highest BCUT2D eigenvalue weighted by molar-refractivity contribution is 6.05. The van der Waals surface area contributed by atoms with Crippen molar-refractivity contribution in [1.82, 2.24) is 4.90 Å². The number of carbonyl (C=O) groups excluding carboxylic acids is 2. The Bertz CT molecular complexity index is 1240. The highest BCUT2D eigenvalue weighted by Crippen LogP contribution is 2.31. The van der Waals surface area contributed by atoms with Gasteiger partial charge in [-0.3, -0.25) is 4.79 Å². The second-order valence-electron chi connectivity index (χ2n) is 7.30. The maximum Gasteiger partial charge on any atom is 0.344 e. The highest BCUT2D eigenvalue weighted by Gasteiger charge is 2.14. The van der Waals surface area contributed by atoms with E-state index < -0.39 is 5.97 Å². The summed E-state index contributed by atoms with van der Waals surface area (Å²) in [4.78, 5) is 25.8. The van der Waals surface area contributed by atoms with Gasteiger partial charge in [-0.2, -0.15) is 0 Å². The van der Waals surface area contributed by atoms with Crippen molar-refractivity contribution in [1.29, 1.82) is 0 Å². The molecule has 0 aliphatic carbocycles. The maximum absolute atomic E-state index is 12.3. The molecule has 4 aromatic rings. The van der Waals surface area contributed by atoms with Gasteiger partial charge < -0.3 is 23.5 Å². The predicted molar refractivity (Wildman–Crippen MR) is 120 cm³/mol. The highest BCUT2D eigenvalue weighted by atomic mass is 16.6. The Balaban J connectivity index is 1.27. The molecule has 7 heteroatoms. The molecule has 164 valence electrons. The molecule has 0 spiro atoms. The third-order valence-corrected chi connectivity index (χ3v) is 5.07. The van der Waals surface area contributed by atoms with Crippen LogP contribution in [0.5, 0.6) is 11.5 Å². The van der Waals surface area contributed by atoms with E-state index in [-0.39, 0.29) is 19.1 Å². The number of carbonyl (C=O) groups is 2. The lowest BCUT2D eigenvalue weighted by atomic mass is 10.1. The molecule has 1 aromatic heterocycles. The first kappa shape index (κ1) is 21.2. The van der Waals surface area contributed by atoms with Crippen LogP contribution in [0.3, 0.4) is 0 Å². The van der Waals surface area contributed by atoms with E-state index in [1.54, 1.807) is 26.3 Å². The molecule has 0 radical (unpaired) electrons. The number of rotatable bonds is 8. The van der Waals surface area contributed by atoms with E-state index in [0.717, 1.165) is 33.3 Å². The van der Waals surface area contributed by atoms with Gasteiger partial charge in [0.1, 0.15) is 22.7 Å². The molecule has 1 amide bonds. The smallest absolute Gasteiger partial charge is 0.344 e. The van der Waals surface area contributed by atoms with Crippen molar-refractivity contribution in [2.24, 2.45) is 0 Å². The van der Waals surface area contributed by atoms with Gasteiger partial charge in [0.25, 0.3) is 5.91 Å². The second kappa shape index (κ2) is 9.43. The van der Waals surface area contributed by atoms with Crippen LogP contribution in [-0.2, 0) is 20.9 Å². The van der Waals surface area contributed by atoms with Crippen LogP contribution in [0.1, 0.15) is 5.56 Å². The van der Waals surface area contributed by atoms with E-state index in [2.05, 4.69) is 0 Å². The van der Waals surface area contributed by atoms with E-state index in [0.29, 0.717) is 12.3 Å². The summed E-state index contributed by atoms with van der Waals surface area (Å²) in [5.41, 5.74) is 2.47. The molecule has 0 bridgehead atoms. The number of benzene rings is 3. The molecule has 32 heavy (non-hydrogen) atoms. The molecule has 0 aliphatic rings. The normalized spacial score (nSPS) is 10.8. The maximum atomic E-state index is 12.3.